The lowest BCUT2D eigenvalue weighted by molar-refractivity contribution is 0.100. The van der Waals surface area contributed by atoms with Crippen molar-refractivity contribution in [2.24, 2.45) is 5.73 Å². The van der Waals surface area contributed by atoms with Crippen LogP contribution in [0.15, 0.2) is 24.5 Å². The van der Waals surface area contributed by atoms with Crippen molar-refractivity contribution in [1.29, 1.82) is 0 Å². The molecular weight excluding hydrogens is 278 g/mol. The van der Waals surface area contributed by atoms with Gasteiger partial charge in [-0.1, -0.05) is 0 Å². The second-order valence-electron chi connectivity index (χ2n) is 4.64. The molecule has 2 heterocycles. The zero-order valence-electron chi connectivity index (χ0n) is 10.5. The summed E-state index contributed by atoms with van der Waals surface area (Å²) in [5, 5.41) is 3.02. The fourth-order valence-electron chi connectivity index (χ4n) is 1.87. The summed E-state index contributed by atoms with van der Waals surface area (Å²) in [5.41, 5.74) is 7.26. The Kier molecular flexibility index (Phi) is 3.23. The second kappa shape index (κ2) is 5.05. The minimum atomic E-state index is -0.619. The van der Waals surface area contributed by atoms with Gasteiger partial charge in [0.05, 0.1) is 11.9 Å². The van der Waals surface area contributed by atoms with Gasteiger partial charge in [0, 0.05) is 17.8 Å². The lowest BCUT2D eigenvalue weighted by Crippen LogP contribution is -2.15. The maximum atomic E-state index is 11.3. The highest BCUT2D eigenvalue weighted by atomic mass is 35.5. The molecule has 1 amide bonds. The third kappa shape index (κ3) is 2.70. The van der Waals surface area contributed by atoms with E-state index in [0.717, 1.165) is 5.69 Å². The number of hydrogen-bond donors (Lipinski definition) is 2. The monoisotopic (exact) mass is 289 g/mol. The molecule has 1 saturated carbocycles. The number of amides is 1. The van der Waals surface area contributed by atoms with Crippen molar-refractivity contribution in [3.63, 3.8) is 0 Å². The molecule has 0 atom stereocenters. The largest absolute Gasteiger partial charge is 0.365 e. The first-order valence-electron chi connectivity index (χ1n) is 6.19. The minimum Gasteiger partial charge on any atom is -0.365 e. The van der Waals surface area contributed by atoms with Gasteiger partial charge in [-0.3, -0.25) is 9.78 Å². The summed E-state index contributed by atoms with van der Waals surface area (Å²) >= 11 is 5.73. The highest BCUT2D eigenvalue weighted by Crippen LogP contribution is 2.39. The zero-order chi connectivity index (χ0) is 14.1. The Hall–Kier alpha value is -2.21. The number of anilines is 2. The van der Waals surface area contributed by atoms with Gasteiger partial charge in [0.2, 0.25) is 5.28 Å². The smallest absolute Gasteiger partial charge is 0.254 e. The normalized spacial score (nSPS) is 14.1. The number of nitrogens with zero attached hydrogens (tertiary/aromatic N) is 3. The fourth-order valence-corrected chi connectivity index (χ4v) is 2.01. The molecule has 2 aromatic heterocycles. The summed E-state index contributed by atoms with van der Waals surface area (Å²) in [4.78, 5) is 23.4. The van der Waals surface area contributed by atoms with E-state index < -0.39 is 5.91 Å². The number of nitrogens with two attached hydrogens (primary N) is 1. The first kappa shape index (κ1) is 12.8. The van der Waals surface area contributed by atoms with Crippen molar-refractivity contribution >= 4 is 29.0 Å². The van der Waals surface area contributed by atoms with E-state index >= 15 is 0 Å². The molecule has 102 valence electrons. The quantitative estimate of drug-likeness (QED) is 0.842. The molecule has 0 aromatic carbocycles. The average molecular weight is 290 g/mol. The highest BCUT2D eigenvalue weighted by Gasteiger charge is 2.24. The van der Waals surface area contributed by atoms with Crippen LogP contribution in [0.5, 0.6) is 0 Å². The van der Waals surface area contributed by atoms with Gasteiger partial charge in [0.1, 0.15) is 11.4 Å². The van der Waals surface area contributed by atoms with Crippen LogP contribution in [0.4, 0.5) is 11.5 Å². The van der Waals surface area contributed by atoms with Crippen LogP contribution in [0.3, 0.4) is 0 Å². The number of aromatic nitrogens is 3. The van der Waals surface area contributed by atoms with Gasteiger partial charge in [-0.25, -0.2) is 4.98 Å². The standard InChI is InChI=1S/C13H12ClN5O/c14-13-17-6-9(11(15)20)12(19-13)18-8-3-4-10(16-5-8)7-1-2-7/h3-7H,1-2H2,(H2,15,20)(H,17,18,19). The van der Waals surface area contributed by atoms with Crippen molar-refractivity contribution < 1.29 is 4.79 Å². The summed E-state index contributed by atoms with van der Waals surface area (Å²) in [5.74, 6) is 0.254. The van der Waals surface area contributed by atoms with Gasteiger partial charge in [-0.05, 0) is 36.6 Å². The molecular formula is C13H12ClN5O. The Labute approximate surface area is 120 Å². The molecule has 0 aliphatic heterocycles. The van der Waals surface area contributed by atoms with Crippen LogP contribution in [-0.4, -0.2) is 20.9 Å². The second-order valence-corrected chi connectivity index (χ2v) is 4.97. The number of nitrogens with one attached hydrogen (secondary N) is 1. The molecule has 1 aliphatic carbocycles. The SMILES string of the molecule is NC(=O)c1cnc(Cl)nc1Nc1ccc(C2CC2)nc1. The molecule has 0 radical (unpaired) electrons. The van der Waals surface area contributed by atoms with Crippen LogP contribution in [0.1, 0.15) is 34.8 Å². The molecule has 7 heteroatoms. The number of carbonyl (C=O) groups is 1. The molecule has 3 rings (SSSR count). The predicted octanol–water partition coefficient (Wildman–Crippen LogP) is 2.24. The van der Waals surface area contributed by atoms with Crippen LogP contribution >= 0.6 is 11.6 Å². The van der Waals surface area contributed by atoms with Crippen LogP contribution in [-0.2, 0) is 0 Å². The van der Waals surface area contributed by atoms with Crippen molar-refractivity contribution in [3.05, 3.63) is 41.1 Å². The molecule has 1 aliphatic rings. The molecule has 0 saturated heterocycles. The van der Waals surface area contributed by atoms with E-state index in [-0.39, 0.29) is 16.7 Å². The van der Waals surface area contributed by atoms with Crippen molar-refractivity contribution in [2.45, 2.75) is 18.8 Å². The number of rotatable bonds is 4. The summed E-state index contributed by atoms with van der Waals surface area (Å²) in [7, 11) is 0. The van der Waals surface area contributed by atoms with Crippen molar-refractivity contribution in [2.75, 3.05) is 5.32 Å². The van der Waals surface area contributed by atoms with E-state index in [9.17, 15) is 4.79 Å². The van der Waals surface area contributed by atoms with Crippen molar-refractivity contribution in [1.82, 2.24) is 15.0 Å². The van der Waals surface area contributed by atoms with E-state index in [0.29, 0.717) is 11.6 Å². The molecule has 2 aromatic rings. The Balaban J connectivity index is 1.86. The molecule has 20 heavy (non-hydrogen) atoms. The van der Waals surface area contributed by atoms with Gasteiger partial charge < -0.3 is 11.1 Å². The molecule has 0 bridgehead atoms. The Bertz CT molecular complexity index is 654. The molecule has 1 fully saturated rings. The molecule has 0 spiro atoms. The third-order valence-corrected chi connectivity index (χ3v) is 3.25. The maximum absolute atomic E-state index is 11.3. The Morgan fingerprint density at radius 1 is 1.30 bits per heavy atom. The van der Waals surface area contributed by atoms with E-state index in [1.165, 1.54) is 19.0 Å². The molecule has 6 nitrogen and oxygen atoms in total. The first-order valence-corrected chi connectivity index (χ1v) is 6.56. The van der Waals surface area contributed by atoms with E-state index in [2.05, 4.69) is 20.3 Å². The summed E-state index contributed by atoms with van der Waals surface area (Å²) < 4.78 is 0. The van der Waals surface area contributed by atoms with Gasteiger partial charge >= 0.3 is 0 Å². The van der Waals surface area contributed by atoms with E-state index in [1.807, 2.05) is 12.1 Å². The fraction of sp³-hybridized carbons (Fsp3) is 0.231. The van der Waals surface area contributed by atoms with Crippen LogP contribution in [0.25, 0.3) is 0 Å². The predicted molar refractivity (Wildman–Crippen MR) is 75.1 cm³/mol. The lowest BCUT2D eigenvalue weighted by atomic mass is 10.2. The van der Waals surface area contributed by atoms with Gasteiger partial charge in [-0.15, -0.1) is 0 Å². The summed E-state index contributed by atoms with van der Waals surface area (Å²) in [6, 6.07) is 3.86. The number of hydrogen-bond acceptors (Lipinski definition) is 5. The van der Waals surface area contributed by atoms with Gasteiger partial charge in [0.25, 0.3) is 5.91 Å². The Morgan fingerprint density at radius 2 is 2.10 bits per heavy atom. The zero-order valence-corrected chi connectivity index (χ0v) is 11.3. The average Bonchev–Trinajstić information content (AvgIpc) is 3.24. The van der Waals surface area contributed by atoms with E-state index in [4.69, 9.17) is 17.3 Å². The van der Waals surface area contributed by atoms with E-state index in [1.54, 1.807) is 6.20 Å². The number of primary amides is 1. The van der Waals surface area contributed by atoms with Crippen LogP contribution < -0.4 is 11.1 Å². The number of halogens is 1. The van der Waals surface area contributed by atoms with Crippen molar-refractivity contribution in [3.8, 4) is 0 Å². The maximum Gasteiger partial charge on any atom is 0.254 e. The minimum absolute atomic E-state index is 0.0417. The van der Waals surface area contributed by atoms with Crippen LogP contribution in [0.2, 0.25) is 5.28 Å². The number of carbonyl (C=O) groups excluding carboxylic acids is 1. The first-order chi connectivity index (χ1) is 9.63. The lowest BCUT2D eigenvalue weighted by Gasteiger charge is -2.09. The summed E-state index contributed by atoms with van der Waals surface area (Å²) in [6.07, 6.45) is 5.40. The molecule has 3 N–H and O–H groups in total. The highest BCUT2D eigenvalue weighted by molar-refractivity contribution is 6.28. The Morgan fingerprint density at radius 3 is 2.70 bits per heavy atom. The summed E-state index contributed by atoms with van der Waals surface area (Å²) in [6.45, 7) is 0. The molecule has 0 unspecified atom stereocenters. The van der Waals surface area contributed by atoms with Gasteiger partial charge in [-0.2, -0.15) is 4.98 Å². The topological polar surface area (TPSA) is 93.8 Å². The number of pyridine rings is 1. The third-order valence-electron chi connectivity index (χ3n) is 3.07. The van der Waals surface area contributed by atoms with Gasteiger partial charge in [0.15, 0.2) is 0 Å². The van der Waals surface area contributed by atoms with Crippen LogP contribution in [0, 0.1) is 0 Å².